The van der Waals surface area contributed by atoms with Crippen LogP contribution in [0, 0.1) is 0 Å². The van der Waals surface area contributed by atoms with Crippen LogP contribution in [0.25, 0.3) is 0 Å². The van der Waals surface area contributed by atoms with Crippen LogP contribution in [0.2, 0.25) is 0 Å². The van der Waals surface area contributed by atoms with Gasteiger partial charge < -0.3 is 14.6 Å². The molecule has 0 spiro atoms. The van der Waals surface area contributed by atoms with Crippen molar-refractivity contribution in [2.24, 2.45) is 0 Å². The SMILES string of the molecule is CCCCCCOC(C)OC(Br)(CC)C(=O)O. The molecular formula is C12H23BrO4. The smallest absolute Gasteiger partial charge is 0.347 e. The predicted octanol–water partition coefficient (Wildman–Crippen LogP) is 3.53. The highest BCUT2D eigenvalue weighted by atomic mass is 79.9. The fourth-order valence-corrected chi connectivity index (χ4v) is 1.62. The zero-order valence-corrected chi connectivity index (χ0v) is 12.5. The highest BCUT2D eigenvalue weighted by Crippen LogP contribution is 2.26. The van der Waals surface area contributed by atoms with Gasteiger partial charge in [-0.05, 0) is 35.7 Å². The fraction of sp³-hybridized carbons (Fsp3) is 0.917. The number of ether oxygens (including phenoxy) is 2. The fourth-order valence-electron chi connectivity index (χ4n) is 1.36. The number of carbonyl (C=O) groups is 1. The molecule has 17 heavy (non-hydrogen) atoms. The number of hydrogen-bond donors (Lipinski definition) is 1. The van der Waals surface area contributed by atoms with E-state index in [1.165, 1.54) is 12.8 Å². The van der Waals surface area contributed by atoms with Gasteiger partial charge in [-0.1, -0.05) is 33.1 Å². The van der Waals surface area contributed by atoms with Crippen LogP contribution in [0.15, 0.2) is 0 Å². The van der Waals surface area contributed by atoms with Crippen molar-refractivity contribution in [3.63, 3.8) is 0 Å². The molecule has 5 heteroatoms. The van der Waals surface area contributed by atoms with Gasteiger partial charge in [-0.3, -0.25) is 0 Å². The maximum Gasteiger partial charge on any atom is 0.347 e. The van der Waals surface area contributed by atoms with E-state index >= 15 is 0 Å². The van der Waals surface area contributed by atoms with E-state index < -0.39 is 16.8 Å². The number of aliphatic carboxylic acids is 1. The summed E-state index contributed by atoms with van der Waals surface area (Å²) in [7, 11) is 0. The molecule has 0 aromatic carbocycles. The minimum absolute atomic E-state index is 0.339. The Morgan fingerprint density at radius 2 is 2.00 bits per heavy atom. The summed E-state index contributed by atoms with van der Waals surface area (Å²) >= 11 is 3.08. The molecule has 2 unspecified atom stereocenters. The minimum Gasteiger partial charge on any atom is -0.478 e. The molecule has 1 N–H and O–H groups in total. The van der Waals surface area contributed by atoms with Gasteiger partial charge in [-0.2, -0.15) is 0 Å². The van der Waals surface area contributed by atoms with Crippen molar-refractivity contribution in [3.8, 4) is 0 Å². The van der Waals surface area contributed by atoms with Crippen LogP contribution >= 0.6 is 15.9 Å². The average molecular weight is 311 g/mol. The maximum absolute atomic E-state index is 11.0. The molecule has 0 saturated carbocycles. The van der Waals surface area contributed by atoms with Crippen LogP contribution in [-0.4, -0.2) is 28.5 Å². The van der Waals surface area contributed by atoms with Crippen LogP contribution in [0.1, 0.15) is 52.9 Å². The Hall–Kier alpha value is -0.130. The third-order valence-corrected chi connectivity index (χ3v) is 3.56. The summed E-state index contributed by atoms with van der Waals surface area (Å²) in [5, 5.41) is 9.00. The molecule has 0 aliphatic rings. The second-order valence-electron chi connectivity index (χ2n) is 4.00. The normalized spacial score (nSPS) is 16.5. The molecule has 0 radical (unpaired) electrons. The molecule has 0 saturated heterocycles. The zero-order valence-electron chi connectivity index (χ0n) is 10.9. The Morgan fingerprint density at radius 3 is 2.47 bits per heavy atom. The molecule has 4 nitrogen and oxygen atoms in total. The summed E-state index contributed by atoms with van der Waals surface area (Å²) in [6.45, 7) is 6.22. The van der Waals surface area contributed by atoms with Crippen molar-refractivity contribution in [1.29, 1.82) is 0 Å². The molecule has 0 aromatic rings. The molecule has 0 aromatic heterocycles. The Kier molecular flexibility index (Phi) is 8.82. The van der Waals surface area contributed by atoms with E-state index in [4.69, 9.17) is 14.6 Å². The Labute approximate surface area is 112 Å². The van der Waals surface area contributed by atoms with Crippen molar-refractivity contribution >= 4 is 21.9 Å². The molecule has 0 aliphatic carbocycles. The lowest BCUT2D eigenvalue weighted by atomic mass is 10.2. The van der Waals surface area contributed by atoms with E-state index in [0.29, 0.717) is 13.0 Å². The zero-order chi connectivity index (χ0) is 13.3. The molecule has 0 aliphatic heterocycles. The predicted molar refractivity (Wildman–Crippen MR) is 70.2 cm³/mol. The van der Waals surface area contributed by atoms with Crippen molar-refractivity contribution < 1.29 is 19.4 Å². The number of unbranched alkanes of at least 4 members (excludes halogenated alkanes) is 3. The molecule has 0 heterocycles. The van der Waals surface area contributed by atoms with Crippen LogP contribution in [0.4, 0.5) is 0 Å². The van der Waals surface area contributed by atoms with E-state index in [1.54, 1.807) is 13.8 Å². The van der Waals surface area contributed by atoms with E-state index in [-0.39, 0.29) is 0 Å². The summed E-state index contributed by atoms with van der Waals surface area (Å²) in [5.41, 5.74) is 0. The van der Waals surface area contributed by atoms with Gasteiger partial charge in [0, 0.05) is 6.61 Å². The quantitative estimate of drug-likeness (QED) is 0.381. The molecular weight excluding hydrogens is 288 g/mol. The lowest BCUT2D eigenvalue weighted by molar-refractivity contribution is -0.191. The van der Waals surface area contributed by atoms with Gasteiger partial charge in [-0.15, -0.1) is 0 Å². The first-order valence-corrected chi connectivity index (χ1v) is 6.97. The summed E-state index contributed by atoms with van der Waals surface area (Å²) < 4.78 is 9.43. The van der Waals surface area contributed by atoms with E-state index in [1.807, 2.05) is 0 Å². The van der Waals surface area contributed by atoms with Crippen LogP contribution < -0.4 is 0 Å². The number of halogens is 1. The molecule has 0 fully saturated rings. The summed E-state index contributed by atoms with van der Waals surface area (Å²) in [6, 6.07) is 0. The third kappa shape index (κ3) is 7.01. The standard InChI is InChI=1S/C12H23BrO4/c1-4-6-7-8-9-16-10(3)17-12(13,5-2)11(14)15/h10H,4-9H2,1-3H3,(H,14,15). The second-order valence-corrected chi connectivity index (χ2v) is 5.29. The van der Waals surface area contributed by atoms with Gasteiger partial charge in [0.15, 0.2) is 6.29 Å². The molecule has 0 bridgehead atoms. The molecule has 102 valence electrons. The monoisotopic (exact) mass is 310 g/mol. The van der Waals surface area contributed by atoms with Gasteiger partial charge in [0.1, 0.15) is 0 Å². The van der Waals surface area contributed by atoms with Gasteiger partial charge in [-0.25, -0.2) is 4.79 Å². The molecule has 2 atom stereocenters. The highest BCUT2D eigenvalue weighted by Gasteiger charge is 2.36. The average Bonchev–Trinajstić information content (AvgIpc) is 2.28. The number of alkyl halides is 1. The van der Waals surface area contributed by atoms with Crippen molar-refractivity contribution in [2.75, 3.05) is 6.61 Å². The second kappa shape index (κ2) is 8.89. The van der Waals surface area contributed by atoms with Crippen molar-refractivity contribution in [2.45, 2.75) is 63.7 Å². The van der Waals surface area contributed by atoms with E-state index in [2.05, 4.69) is 22.9 Å². The Balaban J connectivity index is 3.84. The Bertz CT molecular complexity index is 223. The van der Waals surface area contributed by atoms with Gasteiger partial charge in [0.05, 0.1) is 0 Å². The van der Waals surface area contributed by atoms with E-state index in [9.17, 15) is 4.79 Å². The van der Waals surface area contributed by atoms with Gasteiger partial charge >= 0.3 is 5.97 Å². The summed E-state index contributed by atoms with van der Waals surface area (Å²) in [5.74, 6) is -1.03. The van der Waals surface area contributed by atoms with Gasteiger partial charge in [0.2, 0.25) is 4.51 Å². The van der Waals surface area contributed by atoms with Gasteiger partial charge in [0.25, 0.3) is 0 Å². The first kappa shape index (κ1) is 16.9. The molecule has 0 rings (SSSR count). The van der Waals surface area contributed by atoms with E-state index in [0.717, 1.165) is 12.8 Å². The highest BCUT2D eigenvalue weighted by molar-refractivity contribution is 9.10. The maximum atomic E-state index is 11.0. The first-order valence-electron chi connectivity index (χ1n) is 6.18. The summed E-state index contributed by atoms with van der Waals surface area (Å²) in [6.07, 6.45) is 4.32. The number of carboxylic acid groups (broad SMARTS) is 1. The van der Waals surface area contributed by atoms with Crippen LogP contribution in [0.3, 0.4) is 0 Å². The number of carboxylic acids is 1. The largest absolute Gasteiger partial charge is 0.478 e. The summed E-state index contributed by atoms with van der Waals surface area (Å²) in [4.78, 5) is 11.0. The van der Waals surface area contributed by atoms with Crippen molar-refractivity contribution in [3.05, 3.63) is 0 Å². The lowest BCUT2D eigenvalue weighted by Crippen LogP contribution is -2.38. The Morgan fingerprint density at radius 1 is 1.35 bits per heavy atom. The first-order chi connectivity index (χ1) is 7.96. The minimum atomic E-state index is -1.34. The number of rotatable bonds is 10. The third-order valence-electron chi connectivity index (χ3n) is 2.48. The van der Waals surface area contributed by atoms with Crippen molar-refractivity contribution in [1.82, 2.24) is 0 Å². The van der Waals surface area contributed by atoms with Crippen LogP contribution in [-0.2, 0) is 14.3 Å². The topological polar surface area (TPSA) is 55.8 Å². The number of hydrogen-bond acceptors (Lipinski definition) is 3. The lowest BCUT2D eigenvalue weighted by Gasteiger charge is -2.25. The van der Waals surface area contributed by atoms with Crippen LogP contribution in [0.5, 0.6) is 0 Å². The molecule has 0 amide bonds.